The summed E-state index contributed by atoms with van der Waals surface area (Å²) in [6.07, 6.45) is 2.14. The molecule has 0 fully saturated rings. The summed E-state index contributed by atoms with van der Waals surface area (Å²) in [6, 6.07) is 84.0. The van der Waals surface area contributed by atoms with Crippen LogP contribution in [0.25, 0.3) is 122 Å². The van der Waals surface area contributed by atoms with Crippen LogP contribution in [-0.4, -0.2) is 20.9 Å². The van der Waals surface area contributed by atoms with E-state index in [1.54, 1.807) is 0 Å². The van der Waals surface area contributed by atoms with E-state index < -0.39 is 0 Å². The topological polar surface area (TPSA) is 63.1 Å². The lowest BCUT2D eigenvalue weighted by Crippen LogP contribution is -1.99. The lowest BCUT2D eigenvalue weighted by Gasteiger charge is -2.18. The number of fused-ring (bicyclic) bond motifs is 6. The molecule has 0 unspecified atom stereocenters. The monoisotopic (exact) mass is 924 g/mol. The van der Waals surface area contributed by atoms with Gasteiger partial charge >= 0.3 is 0 Å². The van der Waals surface area contributed by atoms with E-state index in [1.807, 2.05) is 18.2 Å². The average molecular weight is 925 g/mol. The molecule has 0 aliphatic rings. The van der Waals surface area contributed by atoms with Crippen molar-refractivity contribution < 1.29 is 9.90 Å². The number of para-hydroxylation sites is 2. The van der Waals surface area contributed by atoms with Gasteiger partial charge in [0.05, 0.1) is 28.2 Å². The average Bonchev–Trinajstić information content (AvgIpc) is 3.44. The zero-order valence-corrected chi connectivity index (χ0v) is 39.8. The predicted octanol–water partition coefficient (Wildman–Crippen LogP) is 17.7. The Bertz CT molecular complexity index is 3850. The molecule has 0 radical (unpaired) electrons. The molecule has 0 saturated carbocycles. The molecule has 4 nitrogen and oxygen atoms in total. The molecule has 1 N–H and O–H groups in total. The number of aryl methyl sites for hydroxylation is 1. The predicted molar refractivity (Wildman–Crippen MR) is 300 cm³/mol. The van der Waals surface area contributed by atoms with Crippen molar-refractivity contribution in [1.82, 2.24) is 9.97 Å². The molecule has 2 heterocycles. The highest BCUT2D eigenvalue weighted by atomic mass is 16.3. The summed E-state index contributed by atoms with van der Waals surface area (Å²) in [7, 11) is 0. The summed E-state index contributed by atoms with van der Waals surface area (Å²) < 4.78 is 0. The molecule has 342 valence electrons. The van der Waals surface area contributed by atoms with Gasteiger partial charge in [-0.3, -0.25) is 4.79 Å². The number of hydrogen-bond donors (Lipinski definition) is 1. The lowest BCUT2D eigenvalue weighted by atomic mass is 9.86. The summed E-state index contributed by atoms with van der Waals surface area (Å²) in [5.41, 5.74) is 18.0. The Morgan fingerprint density at radius 3 is 1.15 bits per heavy atom. The van der Waals surface area contributed by atoms with Crippen LogP contribution in [-0.2, 0) is 11.2 Å². The standard InChI is InChI=1S/C68H48N2O2/c1-44(71)40-53(72)39-38-45-16-2-3-17-54(45)50-41-51(57-20-6-4-18-55(57)46-30-34-48(35-31-46)67-63-26-10-8-22-59(63)61-24-12-14-28-65(61)69-67)43-52(42-50)58-21-7-5-19-56(58)47-32-36-49(37-33-47)68-64-27-11-9-23-60(64)62-25-13-15-29-66(62)70-68/h2-37,40-43,71H,38-39H2,1H3/b44-40-. The van der Waals surface area contributed by atoms with Crippen LogP contribution in [0.4, 0.5) is 0 Å². The normalized spacial score (nSPS) is 11.7. The Kier molecular flexibility index (Phi) is 11.6. The van der Waals surface area contributed by atoms with E-state index in [-0.39, 0.29) is 18.0 Å². The van der Waals surface area contributed by atoms with E-state index in [0.717, 1.165) is 116 Å². The molecule has 0 saturated heterocycles. The third-order valence-corrected chi connectivity index (χ3v) is 13.9. The minimum Gasteiger partial charge on any atom is -0.512 e. The molecular weight excluding hydrogens is 877 g/mol. The maximum absolute atomic E-state index is 12.9. The van der Waals surface area contributed by atoms with Crippen molar-refractivity contribution in [3.63, 3.8) is 0 Å². The molecule has 0 atom stereocenters. The van der Waals surface area contributed by atoms with Crippen LogP contribution < -0.4 is 0 Å². The highest BCUT2D eigenvalue weighted by Crippen LogP contribution is 2.42. The van der Waals surface area contributed by atoms with Crippen LogP contribution in [0.3, 0.4) is 0 Å². The summed E-state index contributed by atoms with van der Waals surface area (Å²) in [4.78, 5) is 23.3. The van der Waals surface area contributed by atoms with Crippen molar-refractivity contribution >= 4 is 49.1 Å². The lowest BCUT2D eigenvalue weighted by molar-refractivity contribution is -0.114. The van der Waals surface area contributed by atoms with Crippen molar-refractivity contribution in [2.75, 3.05) is 0 Å². The summed E-state index contributed by atoms with van der Waals surface area (Å²) in [5.74, 6) is -0.0850. The van der Waals surface area contributed by atoms with Gasteiger partial charge in [-0.05, 0) is 116 Å². The fourth-order valence-electron chi connectivity index (χ4n) is 10.5. The van der Waals surface area contributed by atoms with Crippen LogP contribution in [0.5, 0.6) is 0 Å². The molecular formula is C68H48N2O2. The number of pyridine rings is 2. The van der Waals surface area contributed by atoms with Gasteiger partial charge in [-0.15, -0.1) is 0 Å². The highest BCUT2D eigenvalue weighted by molar-refractivity contribution is 6.12. The maximum atomic E-state index is 12.9. The van der Waals surface area contributed by atoms with E-state index in [0.29, 0.717) is 6.42 Å². The number of aliphatic hydroxyl groups is 1. The molecule has 0 bridgehead atoms. The molecule has 2 aromatic heterocycles. The number of carbonyl (C=O) groups is 1. The van der Waals surface area contributed by atoms with Gasteiger partial charge in [0.15, 0.2) is 5.78 Å². The first kappa shape index (κ1) is 44.0. The van der Waals surface area contributed by atoms with Gasteiger partial charge < -0.3 is 5.11 Å². The zero-order valence-electron chi connectivity index (χ0n) is 39.8. The Morgan fingerprint density at radius 2 is 0.708 bits per heavy atom. The first-order valence-electron chi connectivity index (χ1n) is 24.5. The van der Waals surface area contributed by atoms with E-state index >= 15 is 0 Å². The van der Waals surface area contributed by atoms with Gasteiger partial charge in [0.1, 0.15) is 0 Å². The summed E-state index contributed by atoms with van der Waals surface area (Å²) in [5, 5.41) is 16.8. The molecule has 0 spiro atoms. The first-order chi connectivity index (χ1) is 35.4. The molecule has 72 heavy (non-hydrogen) atoms. The Hall–Kier alpha value is -9.25. The van der Waals surface area contributed by atoms with Crippen LogP contribution in [0.1, 0.15) is 18.9 Å². The molecule has 12 aromatic rings. The fraction of sp³-hybridized carbons (Fsp3) is 0.0441. The quantitative estimate of drug-likeness (QED) is 0.0797. The second-order valence-corrected chi connectivity index (χ2v) is 18.5. The molecule has 4 heteroatoms. The van der Waals surface area contributed by atoms with Crippen LogP contribution in [0, 0.1) is 0 Å². The van der Waals surface area contributed by atoms with Gasteiger partial charge in [-0.1, -0.05) is 206 Å². The largest absolute Gasteiger partial charge is 0.512 e. The molecule has 0 aliphatic carbocycles. The van der Waals surface area contributed by atoms with Gasteiger partial charge in [-0.25, -0.2) is 9.97 Å². The van der Waals surface area contributed by atoms with Crippen molar-refractivity contribution in [3.8, 4) is 78.1 Å². The van der Waals surface area contributed by atoms with Gasteiger partial charge in [0, 0.05) is 45.2 Å². The number of carbonyl (C=O) groups excluding carboxylic acids is 1. The number of hydrogen-bond acceptors (Lipinski definition) is 4. The van der Waals surface area contributed by atoms with E-state index in [9.17, 15) is 9.90 Å². The number of aliphatic hydroxyl groups excluding tert-OH is 1. The second-order valence-electron chi connectivity index (χ2n) is 18.5. The summed E-state index contributed by atoms with van der Waals surface area (Å²) >= 11 is 0. The third kappa shape index (κ3) is 8.39. The van der Waals surface area contributed by atoms with E-state index in [4.69, 9.17) is 9.97 Å². The van der Waals surface area contributed by atoms with E-state index in [2.05, 4.69) is 218 Å². The van der Waals surface area contributed by atoms with Crippen LogP contribution in [0.2, 0.25) is 0 Å². The van der Waals surface area contributed by atoms with Crippen LogP contribution >= 0.6 is 0 Å². The molecule has 0 amide bonds. The minimum atomic E-state index is -0.103. The van der Waals surface area contributed by atoms with Crippen molar-refractivity contribution in [2.24, 2.45) is 0 Å². The maximum Gasteiger partial charge on any atom is 0.159 e. The minimum absolute atomic E-state index is 0.0185. The zero-order chi connectivity index (χ0) is 48.5. The highest BCUT2D eigenvalue weighted by Gasteiger charge is 2.18. The Balaban J connectivity index is 0.971. The molecule has 12 rings (SSSR count). The summed E-state index contributed by atoms with van der Waals surface area (Å²) in [6.45, 7) is 1.53. The SMILES string of the molecule is C/C(O)=C/C(=O)CCc1ccccc1-c1cc(-c2ccccc2-c2ccc(-c3nc4ccccc4c4ccccc34)cc2)cc(-c2ccccc2-c2ccc(-c3nc4ccccc4c4ccccc34)cc2)c1. The van der Waals surface area contributed by atoms with Crippen molar-refractivity contribution in [1.29, 1.82) is 0 Å². The van der Waals surface area contributed by atoms with Gasteiger partial charge in [0.25, 0.3) is 0 Å². The van der Waals surface area contributed by atoms with Gasteiger partial charge in [0.2, 0.25) is 0 Å². The Labute approximate surface area is 418 Å². The number of ketones is 1. The molecule has 0 aliphatic heterocycles. The van der Waals surface area contributed by atoms with Gasteiger partial charge in [-0.2, -0.15) is 0 Å². The van der Waals surface area contributed by atoms with Crippen molar-refractivity contribution in [3.05, 3.63) is 254 Å². The number of nitrogens with zero attached hydrogens (tertiary/aromatic N) is 2. The number of allylic oxidation sites excluding steroid dienone is 2. The number of aromatic nitrogens is 2. The van der Waals surface area contributed by atoms with Crippen LogP contribution in [0.15, 0.2) is 248 Å². The number of benzene rings is 10. The first-order valence-corrected chi connectivity index (χ1v) is 24.5. The fourth-order valence-corrected chi connectivity index (χ4v) is 10.5. The third-order valence-electron chi connectivity index (χ3n) is 13.9. The van der Waals surface area contributed by atoms with E-state index in [1.165, 1.54) is 23.8 Å². The second kappa shape index (κ2) is 18.9. The number of rotatable bonds is 11. The Morgan fingerprint density at radius 1 is 0.375 bits per heavy atom. The van der Waals surface area contributed by atoms with Crippen molar-refractivity contribution in [2.45, 2.75) is 19.8 Å². The smallest absolute Gasteiger partial charge is 0.159 e. The molecule has 10 aromatic carbocycles.